The highest BCUT2D eigenvalue weighted by atomic mass is 28.4. The van der Waals surface area contributed by atoms with E-state index in [4.69, 9.17) is 23.4 Å². The highest BCUT2D eigenvalue weighted by Gasteiger charge is 2.54. The lowest BCUT2D eigenvalue weighted by molar-refractivity contribution is -0.277. The molecule has 0 amide bonds. The maximum absolute atomic E-state index is 12.2. The van der Waals surface area contributed by atoms with E-state index in [9.17, 15) is 5.11 Å². The molecule has 6 atom stereocenters. The summed E-state index contributed by atoms with van der Waals surface area (Å²) < 4.78 is 34.4. The van der Waals surface area contributed by atoms with Crippen molar-refractivity contribution in [2.45, 2.75) is 127 Å². The van der Waals surface area contributed by atoms with Crippen LogP contribution in [-0.4, -0.2) is 56.7 Å². The maximum Gasteiger partial charge on any atom is 0.192 e. The summed E-state index contributed by atoms with van der Waals surface area (Å²) in [4.78, 5) is 0. The first-order valence-electron chi connectivity index (χ1n) is 17.6. The topological polar surface area (TPSA) is 66.4 Å². The van der Waals surface area contributed by atoms with Gasteiger partial charge in [0.1, 0.15) is 30.5 Å². The molecule has 2 fully saturated rings. The Hall–Kier alpha value is -2.36. The van der Waals surface area contributed by atoms with Crippen molar-refractivity contribution in [3.63, 3.8) is 0 Å². The van der Waals surface area contributed by atoms with E-state index in [1.165, 1.54) is 6.42 Å². The van der Waals surface area contributed by atoms with Crippen LogP contribution < -0.4 is 0 Å². The summed E-state index contributed by atoms with van der Waals surface area (Å²) in [5.74, 6) is 0.154. The van der Waals surface area contributed by atoms with Crippen molar-refractivity contribution in [1.82, 2.24) is 0 Å². The lowest BCUT2D eigenvalue weighted by Gasteiger charge is -2.52. The number of benzene rings is 3. The Morgan fingerprint density at radius 2 is 1.19 bits per heavy atom. The van der Waals surface area contributed by atoms with Crippen LogP contribution in [0.3, 0.4) is 0 Å². The molecule has 6 nitrogen and oxygen atoms in total. The molecule has 1 aliphatic heterocycles. The Morgan fingerprint density at radius 1 is 0.702 bits per heavy atom. The maximum atomic E-state index is 12.2. The Morgan fingerprint density at radius 3 is 1.70 bits per heavy atom. The number of ether oxygens (including phenoxy) is 4. The van der Waals surface area contributed by atoms with Gasteiger partial charge in [0, 0.05) is 0 Å². The summed E-state index contributed by atoms with van der Waals surface area (Å²) in [6.07, 6.45) is 2.24. The second-order valence-electron chi connectivity index (χ2n) is 14.9. The minimum Gasteiger partial charge on any atom is -0.408 e. The van der Waals surface area contributed by atoms with Gasteiger partial charge in [-0.15, -0.1) is 0 Å². The SMILES string of the molecule is CC(C)(C)[Si](C)(C)O[C@H]1[C@@H](OCc2ccccc2)[C@H](OCc2ccccc2)[C@@H](COCc2ccccc2)O[C@@H]1C(O)C1CCCCC1. The third kappa shape index (κ3) is 9.85. The van der Waals surface area contributed by atoms with Crippen LogP contribution in [0.15, 0.2) is 91.0 Å². The predicted molar refractivity (Wildman–Crippen MR) is 189 cm³/mol. The molecule has 0 bridgehead atoms. The summed E-state index contributed by atoms with van der Waals surface area (Å²) in [7, 11) is -2.35. The van der Waals surface area contributed by atoms with Crippen LogP contribution in [-0.2, 0) is 43.2 Å². The number of aliphatic hydroxyl groups is 1. The monoisotopic (exact) mass is 660 g/mol. The fraction of sp³-hybridized carbons (Fsp3) is 0.550. The zero-order chi connectivity index (χ0) is 33.3. The van der Waals surface area contributed by atoms with Crippen molar-refractivity contribution < 1.29 is 28.5 Å². The molecule has 2 aliphatic rings. The molecule has 1 saturated heterocycles. The third-order valence-corrected chi connectivity index (χ3v) is 14.8. The standard InChI is InChI=1S/C40H56O6Si/c1-40(2,3)47(4,5)46-39-37(35(41)33-24-16-9-17-25-33)45-34(29-42-26-30-18-10-6-11-19-30)36(43-27-31-20-12-7-13-21-31)38(39)44-28-32-22-14-8-15-23-32/h6-8,10-15,18-23,33-39,41H,9,16-17,24-29H2,1-5H3/t34-,35?,36-,37-,38+,39-/m1/s1. The van der Waals surface area contributed by atoms with Gasteiger partial charge in [0.05, 0.1) is 32.5 Å². The molecule has 1 aliphatic carbocycles. The highest BCUT2D eigenvalue weighted by molar-refractivity contribution is 6.74. The van der Waals surface area contributed by atoms with Crippen molar-refractivity contribution in [2.24, 2.45) is 5.92 Å². The Labute approximate surface area is 283 Å². The fourth-order valence-corrected chi connectivity index (χ4v) is 7.84. The van der Waals surface area contributed by atoms with E-state index >= 15 is 0 Å². The first-order chi connectivity index (χ1) is 22.6. The van der Waals surface area contributed by atoms with Crippen molar-refractivity contribution in [3.05, 3.63) is 108 Å². The van der Waals surface area contributed by atoms with Gasteiger partial charge in [0.25, 0.3) is 0 Å². The van der Waals surface area contributed by atoms with Gasteiger partial charge in [0.15, 0.2) is 8.32 Å². The summed E-state index contributed by atoms with van der Waals surface area (Å²) in [5.41, 5.74) is 3.25. The van der Waals surface area contributed by atoms with Gasteiger partial charge >= 0.3 is 0 Å². The molecule has 0 spiro atoms. The molecular weight excluding hydrogens is 605 g/mol. The predicted octanol–water partition coefficient (Wildman–Crippen LogP) is 8.47. The minimum atomic E-state index is -2.35. The van der Waals surface area contributed by atoms with E-state index < -0.39 is 44.9 Å². The number of hydrogen-bond acceptors (Lipinski definition) is 6. The molecule has 1 unspecified atom stereocenters. The summed E-state index contributed by atoms with van der Waals surface area (Å²) in [6, 6.07) is 30.6. The van der Waals surface area contributed by atoms with Crippen molar-refractivity contribution in [2.75, 3.05) is 6.61 Å². The lowest BCUT2D eigenvalue weighted by atomic mass is 9.80. The van der Waals surface area contributed by atoms with Crippen LogP contribution in [0.1, 0.15) is 69.6 Å². The Bertz CT molecular complexity index is 1310. The molecular formula is C40H56O6Si. The number of aliphatic hydroxyl groups excluding tert-OH is 1. The smallest absolute Gasteiger partial charge is 0.192 e. The first-order valence-corrected chi connectivity index (χ1v) is 20.5. The van der Waals surface area contributed by atoms with Gasteiger partial charge in [-0.1, -0.05) is 131 Å². The van der Waals surface area contributed by atoms with Crippen LogP contribution in [0.4, 0.5) is 0 Å². The third-order valence-electron chi connectivity index (χ3n) is 10.3. The van der Waals surface area contributed by atoms with E-state index in [1.807, 2.05) is 54.6 Å². The fourth-order valence-electron chi connectivity index (χ4n) is 6.54. The molecule has 3 aromatic rings. The zero-order valence-corrected chi connectivity index (χ0v) is 30.1. The summed E-state index contributed by atoms with van der Waals surface area (Å²) in [6.45, 7) is 12.8. The first kappa shape index (κ1) is 35.9. The van der Waals surface area contributed by atoms with Gasteiger partial charge < -0.3 is 28.5 Å². The molecule has 1 heterocycles. The molecule has 47 heavy (non-hydrogen) atoms. The molecule has 3 aromatic carbocycles. The highest BCUT2D eigenvalue weighted by Crippen LogP contribution is 2.42. The molecule has 0 aromatic heterocycles. The second kappa shape index (κ2) is 16.8. The molecule has 7 heteroatoms. The van der Waals surface area contributed by atoms with Gasteiger partial charge in [-0.25, -0.2) is 0 Å². The molecule has 1 saturated carbocycles. The van der Waals surface area contributed by atoms with E-state index in [1.54, 1.807) is 0 Å². The Kier molecular flexibility index (Phi) is 12.9. The lowest BCUT2D eigenvalue weighted by Crippen LogP contribution is -2.66. The minimum absolute atomic E-state index is 0.0483. The number of hydrogen-bond donors (Lipinski definition) is 1. The van der Waals surface area contributed by atoms with E-state index in [2.05, 4.69) is 70.3 Å². The normalized spacial score (nSPS) is 25.0. The van der Waals surface area contributed by atoms with Crippen molar-refractivity contribution in [1.29, 1.82) is 0 Å². The summed E-state index contributed by atoms with van der Waals surface area (Å²) >= 11 is 0. The van der Waals surface area contributed by atoms with Crippen LogP contribution in [0.25, 0.3) is 0 Å². The van der Waals surface area contributed by atoms with Crippen molar-refractivity contribution in [3.8, 4) is 0 Å². The number of rotatable bonds is 14. The van der Waals surface area contributed by atoms with E-state index in [-0.39, 0.29) is 11.0 Å². The van der Waals surface area contributed by atoms with Gasteiger partial charge in [-0.3, -0.25) is 0 Å². The van der Waals surface area contributed by atoms with Crippen LogP contribution in [0, 0.1) is 5.92 Å². The zero-order valence-electron chi connectivity index (χ0n) is 29.1. The van der Waals surface area contributed by atoms with Crippen molar-refractivity contribution >= 4 is 8.32 Å². The molecule has 256 valence electrons. The average molecular weight is 661 g/mol. The van der Waals surface area contributed by atoms with E-state index in [0.29, 0.717) is 26.4 Å². The van der Waals surface area contributed by atoms with Crippen LogP contribution >= 0.6 is 0 Å². The van der Waals surface area contributed by atoms with Gasteiger partial charge in [-0.05, 0) is 53.6 Å². The average Bonchev–Trinajstić information content (AvgIpc) is 3.08. The quantitative estimate of drug-likeness (QED) is 0.175. The van der Waals surface area contributed by atoms with Crippen LogP contribution in [0.5, 0.6) is 0 Å². The largest absolute Gasteiger partial charge is 0.408 e. The molecule has 1 N–H and O–H groups in total. The van der Waals surface area contributed by atoms with Crippen LogP contribution in [0.2, 0.25) is 18.1 Å². The van der Waals surface area contributed by atoms with Gasteiger partial charge in [-0.2, -0.15) is 0 Å². The molecule has 5 rings (SSSR count). The molecule has 0 radical (unpaired) electrons. The van der Waals surface area contributed by atoms with Gasteiger partial charge in [0.2, 0.25) is 0 Å². The second-order valence-corrected chi connectivity index (χ2v) is 19.7. The van der Waals surface area contributed by atoms with E-state index in [0.717, 1.165) is 42.4 Å². The Balaban J connectivity index is 1.51. The summed E-state index contributed by atoms with van der Waals surface area (Å²) in [5, 5.41) is 12.1.